The van der Waals surface area contributed by atoms with Gasteiger partial charge in [0.15, 0.2) is 5.78 Å². The fourth-order valence-corrected chi connectivity index (χ4v) is 20.5. The average molecular weight is 2060 g/mol. The molecule has 2 amide bonds. The highest BCUT2D eigenvalue weighted by atomic mass is 35.5. The van der Waals surface area contributed by atoms with Crippen molar-refractivity contribution < 1.29 is 134 Å². The van der Waals surface area contributed by atoms with Crippen molar-refractivity contribution in [1.29, 1.82) is 0 Å². The number of ketones is 1. The Bertz CT molecular complexity index is 6020. The minimum absolute atomic E-state index is 0.0421. The fourth-order valence-electron chi connectivity index (χ4n) is 18.3. The van der Waals surface area contributed by atoms with Gasteiger partial charge in [-0.1, -0.05) is 67.0 Å². The van der Waals surface area contributed by atoms with Gasteiger partial charge in [-0.25, -0.2) is 4.21 Å². The van der Waals surface area contributed by atoms with E-state index in [4.69, 9.17) is 112 Å². The Hall–Kier alpha value is -14.3. The number of aliphatic hydroxyl groups excluding tert-OH is 1. The van der Waals surface area contributed by atoms with Crippen molar-refractivity contribution >= 4 is 99.8 Å². The van der Waals surface area contributed by atoms with Crippen LogP contribution in [0, 0.1) is 52.4 Å². The first kappa shape index (κ1) is 122. The normalized spacial score (nSPS) is 20.4. The van der Waals surface area contributed by atoms with Crippen LogP contribution < -0.4 is 14.4 Å². The van der Waals surface area contributed by atoms with E-state index < -0.39 is 33.3 Å². The number of methoxy groups -OCH3 is 4. The van der Waals surface area contributed by atoms with E-state index in [-0.39, 0.29) is 97.5 Å². The second-order valence-electron chi connectivity index (χ2n) is 36.7. The predicted molar refractivity (Wildman–Crippen MR) is 525 cm³/mol. The Labute approximate surface area is 852 Å². The molecule has 3 aliphatic carbocycles. The summed E-state index contributed by atoms with van der Waals surface area (Å²) in [5.74, 6) is -0.424. The maximum absolute atomic E-state index is 14.8. The van der Waals surface area contributed by atoms with Gasteiger partial charge in [-0.2, -0.15) is 67.1 Å². The third kappa shape index (κ3) is 40.0. The van der Waals surface area contributed by atoms with Crippen molar-refractivity contribution in [3.8, 4) is 5.75 Å². The van der Waals surface area contributed by atoms with Gasteiger partial charge >= 0.3 is 55.0 Å². The number of amides is 2. The van der Waals surface area contributed by atoms with Gasteiger partial charge in [0, 0.05) is 200 Å². The van der Waals surface area contributed by atoms with Crippen molar-refractivity contribution in [2.75, 3.05) is 58.8 Å². The lowest BCUT2D eigenvalue weighted by Crippen LogP contribution is -2.49. The number of aliphatic hydroxyl groups is 1. The first-order valence-electron chi connectivity index (χ1n) is 46.8. The zero-order valence-corrected chi connectivity index (χ0v) is 86.1. The van der Waals surface area contributed by atoms with Gasteiger partial charge in [0.25, 0.3) is 11.8 Å². The number of aliphatic carboxylic acids is 1. The highest BCUT2D eigenvalue weighted by molar-refractivity contribution is 7.92. The summed E-state index contributed by atoms with van der Waals surface area (Å²) in [6.45, 7) is 26.3. The van der Waals surface area contributed by atoms with Crippen LogP contribution in [0.3, 0.4) is 0 Å². The molecule has 1 fully saturated rings. The van der Waals surface area contributed by atoms with Crippen LogP contribution in [0.1, 0.15) is 168 Å². The summed E-state index contributed by atoms with van der Waals surface area (Å²) in [6.07, 6.45) is 42.7. The van der Waals surface area contributed by atoms with Crippen LogP contribution in [0.5, 0.6) is 5.75 Å². The summed E-state index contributed by atoms with van der Waals surface area (Å²) < 4.78 is 70.1. The lowest BCUT2D eigenvalue weighted by atomic mass is 9.68. The van der Waals surface area contributed by atoms with Crippen molar-refractivity contribution in [3.05, 3.63) is 260 Å². The van der Waals surface area contributed by atoms with Gasteiger partial charge in [0.1, 0.15) is 34.4 Å². The zero-order chi connectivity index (χ0) is 108. The second kappa shape index (κ2) is 62.4. The Kier molecular flexibility index (Phi) is 52.2. The van der Waals surface area contributed by atoms with Crippen LogP contribution in [0.15, 0.2) is 181 Å². The maximum atomic E-state index is 14.8. The molecule has 19 rings (SSSR count). The number of aryl methyl sites for hydroxylation is 6. The summed E-state index contributed by atoms with van der Waals surface area (Å²) in [5.41, 5.74) is 17.2. The van der Waals surface area contributed by atoms with Crippen LogP contribution in [0.2, 0.25) is 5.02 Å². The van der Waals surface area contributed by atoms with E-state index in [2.05, 4.69) is 147 Å². The molecule has 2 bridgehead atoms. The molecule has 1 saturated carbocycles. The molecule has 784 valence electrons. The summed E-state index contributed by atoms with van der Waals surface area (Å²) in [4.78, 5) is 176. The summed E-state index contributed by atoms with van der Waals surface area (Å²) in [5, 5.41) is 18.3. The largest absolute Gasteiger partial charge is 0.490 e. The number of carbonyl (C=O) groups excluding carboxylic acids is 18. The second-order valence-corrected chi connectivity index (χ2v) is 39.1. The topological polar surface area (TPSA) is 499 Å². The Morgan fingerprint density at radius 3 is 1.62 bits per heavy atom. The number of halogens is 1. The van der Waals surface area contributed by atoms with Gasteiger partial charge in [0.05, 0.1) is 60.7 Å². The number of aromatic nitrogens is 7. The molecule has 5 unspecified atom stereocenters. The van der Waals surface area contributed by atoms with Gasteiger partial charge in [-0.15, -0.1) is 4.36 Å². The molecule has 2 aromatic carbocycles. The number of carbonyl (C=O) groups is 5. The Balaban J connectivity index is 0.000000329. The van der Waals surface area contributed by atoms with Crippen LogP contribution in [0.25, 0.3) is 0 Å². The smallest absolute Gasteiger partial charge is 0.373 e. The Morgan fingerprint density at radius 2 is 1.14 bits per heavy atom. The van der Waals surface area contributed by atoms with Crippen LogP contribution >= 0.6 is 11.6 Å². The summed E-state index contributed by atoms with van der Waals surface area (Å²) in [7, 11) is 3.48. The maximum Gasteiger partial charge on any atom is 0.373 e. The monoisotopic (exact) mass is 2060 g/mol. The molecular formula is C106H129ClN10O28S. The number of nitrogens with one attached hydrogen (secondary N) is 1. The molecule has 14 heterocycles. The number of hydrogen-bond acceptors (Lipinski definition) is 28. The minimum atomic E-state index is -3.54. The van der Waals surface area contributed by atoms with Gasteiger partial charge < -0.3 is 75.5 Å². The molecule has 3 N–H and O–H groups in total. The fraction of sp³-hybridized carbons (Fsp3) is 0.453. The number of fused-ring (bicyclic) bond motifs is 9. The number of anilines is 1. The third-order valence-electron chi connectivity index (χ3n) is 24.7. The van der Waals surface area contributed by atoms with E-state index in [9.17, 15) is 33.3 Å². The number of nitrogens with zero attached hydrogens (tertiary/aromatic N) is 9. The summed E-state index contributed by atoms with van der Waals surface area (Å²) >= 11 is 6.48. The van der Waals surface area contributed by atoms with Crippen molar-refractivity contribution in [2.24, 2.45) is 22.1 Å². The zero-order valence-electron chi connectivity index (χ0n) is 84.6. The minimum Gasteiger partial charge on any atom is -0.490 e. The molecule has 10 aliphatic rings. The number of carboxylic acids is 1. The number of Topliss-reactive ketones (excluding diaryl/α,β-unsaturated/α-hetero) is 1. The average Bonchev–Trinajstić information content (AvgIpc) is 1.51. The Morgan fingerprint density at radius 1 is 0.596 bits per heavy atom. The number of rotatable bonds is 11. The molecular weight excluding hydrogens is 1930 g/mol. The standard InChI is InChI=1S/C42H51ClN4O6S.C11H17NO2.C9H13NO.C8H11NO.C8H9NO.C8H11NO.C7H9NO2.C6H8.7CO2/c1-4-27-7-5-9-38(52-3)35-13-10-30(35)21-47-25-42(16-6-8-28-17-32(43)12-14-36(28)42)26-53-39-15-11-29(19-37(39)47)40(48)44-54(50,24-27)45-41(49)31-18-33-20-34(51-2)23-46(33)22-31;1-9-5-6-12(7-9)8-10(13)14-11(2,3)4;1-7-3-8-4-9(11-2)6-10(8)5-7;2*1-6-2-7-3-8(10)5-9(7)4-6;1-10-8-5-7-3-2-4-9(7)6-8;1-6-2-3-8(4-6)5-7(9)10;1-6-4-2-3-5-6;7*2-1-3/h5,9,11-12,14-15,17-19,22,27,30,34-35,38H,4,6-8,10,13,16,20-21,23-26H2,1-3H3,(H,44,45,48,49,50);5-7H,8H2,1-4H3;3,5,9H,4,6H2,1-2H3;2,4,8,10H,3,5H2,1H3;2,4H,3,5H2,1H3;2-4,8H,5-6H2,1H3;2-4H,5H2,1H3,(H,9,10);2,4-5H,3H2,1H3;;;;;;;/b9-5+;;;;;;;;;;;;;;/t27-,30-,34?,35+,38-,42-,54?;;;;;;;;;;;;;;/m0............../s1. The highest BCUT2D eigenvalue weighted by Gasteiger charge is 2.45. The third-order valence-corrected chi connectivity index (χ3v) is 26.8. The van der Waals surface area contributed by atoms with Crippen molar-refractivity contribution in [1.82, 2.24) is 36.7 Å². The van der Waals surface area contributed by atoms with Crippen LogP contribution in [0.4, 0.5) is 5.69 Å². The van der Waals surface area contributed by atoms with E-state index in [1.165, 1.54) is 56.2 Å². The number of esters is 1. The molecule has 9 aromatic rings. The summed E-state index contributed by atoms with van der Waals surface area (Å²) in [6, 6.07) is 28.0. The molecule has 7 aliphatic heterocycles. The number of ether oxygens (including phenoxy) is 6. The lowest BCUT2D eigenvalue weighted by molar-refractivity contribution is -0.193. The van der Waals surface area contributed by atoms with E-state index in [1.54, 1.807) is 63.7 Å². The number of benzene rings is 2. The first-order valence-corrected chi connectivity index (χ1v) is 48.9. The molecule has 40 heteroatoms. The first-order chi connectivity index (χ1) is 69.6. The predicted octanol–water partition coefficient (Wildman–Crippen LogP) is 12.1. The van der Waals surface area contributed by atoms with Gasteiger partial charge in [-0.3, -0.25) is 28.7 Å². The van der Waals surface area contributed by atoms with Crippen molar-refractivity contribution in [2.45, 2.75) is 240 Å². The molecule has 146 heavy (non-hydrogen) atoms. The molecule has 0 radical (unpaired) electrons. The molecule has 0 saturated heterocycles. The quantitative estimate of drug-likeness (QED) is 0.0799. The van der Waals surface area contributed by atoms with Crippen LogP contribution in [-0.4, -0.2) is 209 Å². The molecule has 7 aromatic heterocycles. The van der Waals surface area contributed by atoms with E-state index in [0.717, 1.165) is 118 Å². The molecule has 38 nitrogen and oxygen atoms in total. The SMILES string of the molecule is CC1=CCC=C1.CC[C@H]1C/C=C/[C@H](OC)[C@@H]2CC[C@H]2CN2C[C@@]3(CCCc4cc(Cl)ccc43)COc3ccc(cc32)C(=O)N=S(=O)(NC(=O)c2cc3n(c2)CC(OC)C3)C1.COC1Cc2cc(C)cn2C1.COC1Cc2cccn2C1.Cc1cc2n(c1)CC(=O)C2.Cc1cc2n(c1)CC(O)C2.Cc1ccn(CC(=O)O)c1.Cc1ccn(CC(=O)OC(C)(C)C)c1.O=C=O.O=C=O.O=C=O.O=C=O.O=C=O.O=C=O.O=C=O. The number of allylic oxidation sites excluding steroid dienone is 5. The lowest BCUT2D eigenvalue weighted by Gasteiger charge is -2.46. The number of carboxylic acid groups (broad SMARTS) is 1. The van der Waals surface area contributed by atoms with E-state index in [1.807, 2.05) is 104 Å². The van der Waals surface area contributed by atoms with Gasteiger partial charge in [-0.05, 0) is 243 Å². The van der Waals surface area contributed by atoms with E-state index in [0.29, 0.717) is 92.1 Å². The van der Waals surface area contributed by atoms with Crippen molar-refractivity contribution in [3.63, 3.8) is 0 Å². The van der Waals surface area contributed by atoms with E-state index >= 15 is 0 Å². The van der Waals surface area contributed by atoms with Gasteiger partial charge in [0.2, 0.25) is 0 Å². The highest BCUT2D eigenvalue weighted by Crippen LogP contribution is 2.48. The molecule has 1 spiro atoms. The van der Waals surface area contributed by atoms with Crippen LogP contribution in [-0.2, 0) is 205 Å². The number of hydrogen-bond donors (Lipinski definition) is 3. The molecule has 10 atom stereocenters.